The first-order valence-corrected chi connectivity index (χ1v) is 7.70. The van der Waals surface area contributed by atoms with E-state index in [1.807, 2.05) is 13.0 Å². The summed E-state index contributed by atoms with van der Waals surface area (Å²) < 4.78 is 14.4. The van der Waals surface area contributed by atoms with Crippen LogP contribution in [0.2, 0.25) is 0 Å². The highest BCUT2D eigenvalue weighted by Crippen LogP contribution is 2.31. The van der Waals surface area contributed by atoms with Crippen molar-refractivity contribution in [2.24, 2.45) is 5.73 Å². The lowest BCUT2D eigenvalue weighted by atomic mass is 10.0. The van der Waals surface area contributed by atoms with Crippen molar-refractivity contribution in [1.29, 1.82) is 0 Å². The Hall–Kier alpha value is -1.13. The molecule has 0 aliphatic carbocycles. The number of halogens is 1. The smallest absolute Gasteiger partial charge is 0.146 e. The van der Waals surface area contributed by atoms with E-state index in [9.17, 15) is 4.39 Å². The average molecular weight is 277 g/mol. The van der Waals surface area contributed by atoms with Crippen molar-refractivity contribution in [3.05, 3.63) is 29.6 Å². The summed E-state index contributed by atoms with van der Waals surface area (Å²) in [5.74, 6) is -0.133. The minimum atomic E-state index is -0.136. The third-order valence-corrected chi connectivity index (χ3v) is 4.63. The molecule has 2 aliphatic heterocycles. The van der Waals surface area contributed by atoms with Crippen LogP contribution in [-0.2, 0) is 0 Å². The van der Waals surface area contributed by atoms with Crippen molar-refractivity contribution >= 4 is 5.69 Å². The molecule has 3 nitrogen and oxygen atoms in total. The number of hydrogen-bond donors (Lipinski definition) is 1. The molecule has 2 N–H and O–H groups in total. The van der Waals surface area contributed by atoms with Crippen LogP contribution in [0, 0.1) is 5.82 Å². The van der Waals surface area contributed by atoms with Gasteiger partial charge in [-0.25, -0.2) is 4.39 Å². The van der Waals surface area contributed by atoms with Crippen LogP contribution in [-0.4, -0.2) is 37.1 Å². The maximum Gasteiger partial charge on any atom is 0.146 e. The van der Waals surface area contributed by atoms with E-state index in [2.05, 4.69) is 9.80 Å². The van der Waals surface area contributed by atoms with Gasteiger partial charge in [0.15, 0.2) is 0 Å². The molecular weight excluding hydrogens is 253 g/mol. The Balaban J connectivity index is 1.91. The van der Waals surface area contributed by atoms with Gasteiger partial charge in [0, 0.05) is 31.7 Å². The van der Waals surface area contributed by atoms with Crippen molar-refractivity contribution in [3.63, 3.8) is 0 Å². The Morgan fingerprint density at radius 2 is 2.05 bits per heavy atom. The van der Waals surface area contributed by atoms with Gasteiger partial charge >= 0.3 is 0 Å². The van der Waals surface area contributed by atoms with Gasteiger partial charge in [-0.05, 0) is 44.4 Å². The SMILES string of the molecule is CC(N)c1cccc(F)c1N1CCCN2CCCC2C1. The zero-order chi connectivity index (χ0) is 14.1. The van der Waals surface area contributed by atoms with Crippen LogP contribution in [0.25, 0.3) is 0 Å². The summed E-state index contributed by atoms with van der Waals surface area (Å²) in [6.45, 7) is 6.13. The van der Waals surface area contributed by atoms with E-state index in [1.54, 1.807) is 12.1 Å². The number of benzene rings is 1. The lowest BCUT2D eigenvalue weighted by molar-refractivity contribution is 0.273. The fraction of sp³-hybridized carbons (Fsp3) is 0.625. The molecule has 2 fully saturated rings. The second-order valence-corrected chi connectivity index (χ2v) is 6.10. The summed E-state index contributed by atoms with van der Waals surface area (Å²) in [5, 5.41) is 0. The maximum atomic E-state index is 14.4. The molecule has 1 aromatic carbocycles. The van der Waals surface area contributed by atoms with Gasteiger partial charge in [0.2, 0.25) is 0 Å². The molecule has 2 aliphatic rings. The number of para-hydroxylation sites is 1. The summed E-state index contributed by atoms with van der Waals surface area (Å²) in [5.41, 5.74) is 7.69. The van der Waals surface area contributed by atoms with Crippen molar-refractivity contribution in [1.82, 2.24) is 4.90 Å². The summed E-state index contributed by atoms with van der Waals surface area (Å²) in [4.78, 5) is 4.79. The van der Waals surface area contributed by atoms with Gasteiger partial charge in [0.1, 0.15) is 5.82 Å². The molecule has 3 rings (SSSR count). The summed E-state index contributed by atoms with van der Waals surface area (Å²) in [7, 11) is 0. The maximum absolute atomic E-state index is 14.4. The Kier molecular flexibility index (Phi) is 3.94. The summed E-state index contributed by atoms with van der Waals surface area (Å²) >= 11 is 0. The molecule has 0 amide bonds. The largest absolute Gasteiger partial charge is 0.367 e. The normalized spacial score (nSPS) is 25.4. The highest BCUT2D eigenvalue weighted by molar-refractivity contribution is 5.56. The molecule has 0 saturated carbocycles. The zero-order valence-corrected chi connectivity index (χ0v) is 12.2. The minimum Gasteiger partial charge on any atom is -0.367 e. The van der Waals surface area contributed by atoms with Crippen LogP contribution in [0.15, 0.2) is 18.2 Å². The molecule has 20 heavy (non-hydrogen) atoms. The fourth-order valence-electron chi connectivity index (χ4n) is 3.64. The molecule has 2 unspecified atom stereocenters. The highest BCUT2D eigenvalue weighted by atomic mass is 19.1. The van der Waals surface area contributed by atoms with Gasteiger partial charge in [0.05, 0.1) is 5.69 Å². The molecule has 4 heteroatoms. The average Bonchev–Trinajstić information content (AvgIpc) is 2.76. The number of nitrogens with zero attached hydrogens (tertiary/aromatic N) is 2. The molecule has 0 aromatic heterocycles. The van der Waals surface area contributed by atoms with Crippen LogP contribution in [0.4, 0.5) is 10.1 Å². The first-order valence-electron chi connectivity index (χ1n) is 7.70. The number of anilines is 1. The standard InChI is InChI=1S/C16H24FN3/c1-12(18)14-6-2-7-15(17)16(14)20-10-4-9-19-8-3-5-13(19)11-20/h2,6-7,12-13H,3-5,8-11,18H2,1H3. The Bertz CT molecular complexity index is 475. The van der Waals surface area contributed by atoms with Crippen LogP contribution in [0.3, 0.4) is 0 Å². The second kappa shape index (κ2) is 5.70. The minimum absolute atomic E-state index is 0.133. The molecule has 0 bridgehead atoms. The summed E-state index contributed by atoms with van der Waals surface area (Å²) in [6, 6.07) is 5.72. The van der Waals surface area contributed by atoms with E-state index in [0.717, 1.165) is 37.3 Å². The van der Waals surface area contributed by atoms with Crippen LogP contribution in [0.1, 0.15) is 37.8 Å². The molecule has 110 valence electrons. The second-order valence-electron chi connectivity index (χ2n) is 6.10. The lowest BCUT2D eigenvalue weighted by Gasteiger charge is -2.30. The van der Waals surface area contributed by atoms with Gasteiger partial charge in [-0.3, -0.25) is 4.90 Å². The van der Waals surface area contributed by atoms with E-state index in [1.165, 1.54) is 19.4 Å². The van der Waals surface area contributed by atoms with Crippen LogP contribution < -0.4 is 10.6 Å². The predicted molar refractivity (Wildman–Crippen MR) is 80.4 cm³/mol. The zero-order valence-electron chi connectivity index (χ0n) is 12.2. The Labute approximate surface area is 120 Å². The molecule has 0 radical (unpaired) electrons. The fourth-order valence-corrected chi connectivity index (χ4v) is 3.64. The Morgan fingerprint density at radius 3 is 2.85 bits per heavy atom. The predicted octanol–water partition coefficient (Wildman–Crippen LogP) is 2.52. The van der Waals surface area contributed by atoms with Gasteiger partial charge in [-0.15, -0.1) is 0 Å². The van der Waals surface area contributed by atoms with Crippen molar-refractivity contribution in [2.75, 3.05) is 31.1 Å². The van der Waals surface area contributed by atoms with Crippen LogP contribution in [0.5, 0.6) is 0 Å². The van der Waals surface area contributed by atoms with Gasteiger partial charge in [-0.1, -0.05) is 12.1 Å². The summed E-state index contributed by atoms with van der Waals surface area (Å²) in [6.07, 6.45) is 3.61. The van der Waals surface area contributed by atoms with Crippen molar-refractivity contribution < 1.29 is 4.39 Å². The van der Waals surface area contributed by atoms with Crippen molar-refractivity contribution in [3.8, 4) is 0 Å². The third-order valence-electron chi connectivity index (χ3n) is 4.63. The van der Waals surface area contributed by atoms with E-state index in [0.29, 0.717) is 6.04 Å². The quantitative estimate of drug-likeness (QED) is 0.901. The molecular formula is C16H24FN3. The van der Waals surface area contributed by atoms with Crippen LogP contribution >= 0.6 is 0 Å². The molecule has 1 aromatic rings. The first kappa shape index (κ1) is 13.8. The van der Waals surface area contributed by atoms with Gasteiger partial charge in [0.25, 0.3) is 0 Å². The van der Waals surface area contributed by atoms with E-state index in [4.69, 9.17) is 5.73 Å². The van der Waals surface area contributed by atoms with E-state index < -0.39 is 0 Å². The number of nitrogens with two attached hydrogens (primary N) is 1. The third kappa shape index (κ3) is 2.54. The highest BCUT2D eigenvalue weighted by Gasteiger charge is 2.30. The number of rotatable bonds is 2. The van der Waals surface area contributed by atoms with E-state index >= 15 is 0 Å². The molecule has 0 spiro atoms. The molecule has 2 heterocycles. The lowest BCUT2D eigenvalue weighted by Crippen LogP contribution is -2.37. The number of hydrogen-bond acceptors (Lipinski definition) is 3. The monoisotopic (exact) mass is 277 g/mol. The van der Waals surface area contributed by atoms with Gasteiger partial charge < -0.3 is 10.6 Å². The van der Waals surface area contributed by atoms with Crippen molar-refractivity contribution in [2.45, 2.75) is 38.3 Å². The topological polar surface area (TPSA) is 32.5 Å². The first-order chi connectivity index (χ1) is 9.66. The molecule has 2 atom stereocenters. The number of fused-ring (bicyclic) bond motifs is 1. The molecule has 2 saturated heterocycles. The van der Waals surface area contributed by atoms with E-state index in [-0.39, 0.29) is 11.9 Å². The Morgan fingerprint density at radius 1 is 1.25 bits per heavy atom. The van der Waals surface area contributed by atoms with Gasteiger partial charge in [-0.2, -0.15) is 0 Å².